The Balaban J connectivity index is 2.14. The predicted molar refractivity (Wildman–Crippen MR) is 76.7 cm³/mol. The van der Waals surface area contributed by atoms with Gasteiger partial charge in [-0.1, -0.05) is 12.1 Å². The third kappa shape index (κ3) is 2.00. The molecule has 3 rings (SSSR count). The molecule has 0 saturated carbocycles. The number of aryl methyl sites for hydroxylation is 1. The largest absolute Gasteiger partial charge is 0.360 e. The van der Waals surface area contributed by atoms with Crippen LogP contribution in [0.25, 0.3) is 22.2 Å². The van der Waals surface area contributed by atoms with E-state index in [2.05, 4.69) is 34.0 Å². The SMILES string of the molecule is Cc1cccc2[nH]cc(-c3cnc([C@H](C)N)cn3)c12. The smallest absolute Gasteiger partial charge is 0.0906 e. The lowest BCUT2D eigenvalue weighted by Gasteiger charge is -2.05. The highest BCUT2D eigenvalue weighted by Crippen LogP contribution is 2.29. The summed E-state index contributed by atoms with van der Waals surface area (Å²) in [5.41, 5.74) is 10.9. The molecule has 96 valence electrons. The van der Waals surface area contributed by atoms with Gasteiger partial charge in [0.2, 0.25) is 0 Å². The lowest BCUT2D eigenvalue weighted by Crippen LogP contribution is -2.07. The minimum absolute atomic E-state index is 0.0914. The van der Waals surface area contributed by atoms with Crippen LogP contribution in [0.5, 0.6) is 0 Å². The van der Waals surface area contributed by atoms with Crippen molar-refractivity contribution < 1.29 is 0 Å². The standard InChI is InChI=1S/C15H16N4/c1-9-4-3-5-12-15(9)11(6-17-12)14-8-18-13(7-19-14)10(2)16/h3-8,10,17H,16H2,1-2H3/t10-/m0/s1. The van der Waals surface area contributed by atoms with Gasteiger partial charge in [-0.25, -0.2) is 0 Å². The van der Waals surface area contributed by atoms with Crippen molar-refractivity contribution in [3.8, 4) is 11.3 Å². The zero-order valence-corrected chi connectivity index (χ0v) is 11.0. The van der Waals surface area contributed by atoms with Crippen LogP contribution >= 0.6 is 0 Å². The molecule has 0 radical (unpaired) electrons. The van der Waals surface area contributed by atoms with Crippen molar-refractivity contribution in [2.45, 2.75) is 19.9 Å². The van der Waals surface area contributed by atoms with Crippen LogP contribution in [0, 0.1) is 6.92 Å². The van der Waals surface area contributed by atoms with E-state index in [1.165, 1.54) is 10.9 Å². The molecule has 0 amide bonds. The van der Waals surface area contributed by atoms with Gasteiger partial charge in [0.1, 0.15) is 0 Å². The molecule has 3 aromatic rings. The van der Waals surface area contributed by atoms with E-state index in [1.54, 1.807) is 12.4 Å². The molecule has 0 spiro atoms. The fraction of sp³-hybridized carbons (Fsp3) is 0.200. The Bertz CT molecular complexity index is 711. The van der Waals surface area contributed by atoms with E-state index < -0.39 is 0 Å². The predicted octanol–water partition coefficient (Wildman–Crippen LogP) is 2.95. The molecule has 2 heterocycles. The monoisotopic (exact) mass is 252 g/mol. The molecule has 3 N–H and O–H groups in total. The highest BCUT2D eigenvalue weighted by molar-refractivity contribution is 5.96. The van der Waals surface area contributed by atoms with Crippen LogP contribution in [0.1, 0.15) is 24.2 Å². The average molecular weight is 252 g/mol. The average Bonchev–Trinajstić information content (AvgIpc) is 2.84. The normalized spacial score (nSPS) is 12.8. The molecular formula is C15H16N4. The maximum Gasteiger partial charge on any atom is 0.0906 e. The van der Waals surface area contributed by atoms with Crippen LogP contribution in [0.4, 0.5) is 0 Å². The molecule has 2 aromatic heterocycles. The summed E-state index contributed by atoms with van der Waals surface area (Å²) in [6, 6.07) is 6.12. The van der Waals surface area contributed by atoms with Crippen LogP contribution in [-0.4, -0.2) is 15.0 Å². The molecular weight excluding hydrogens is 236 g/mol. The second-order valence-corrected chi connectivity index (χ2v) is 4.82. The number of rotatable bonds is 2. The molecule has 1 atom stereocenters. The van der Waals surface area contributed by atoms with Crippen LogP contribution < -0.4 is 5.73 Å². The maximum atomic E-state index is 5.79. The van der Waals surface area contributed by atoms with Crippen LogP contribution in [-0.2, 0) is 0 Å². The van der Waals surface area contributed by atoms with Crippen molar-refractivity contribution in [3.05, 3.63) is 48.0 Å². The zero-order valence-electron chi connectivity index (χ0n) is 11.0. The summed E-state index contributed by atoms with van der Waals surface area (Å²) in [5, 5.41) is 1.20. The molecule has 0 aliphatic heterocycles. The van der Waals surface area contributed by atoms with Gasteiger partial charge in [-0.2, -0.15) is 0 Å². The van der Waals surface area contributed by atoms with Crippen LogP contribution in [0.2, 0.25) is 0 Å². The molecule has 0 saturated heterocycles. The summed E-state index contributed by atoms with van der Waals surface area (Å²) >= 11 is 0. The molecule has 4 nitrogen and oxygen atoms in total. The van der Waals surface area contributed by atoms with Gasteiger partial charge in [-0.15, -0.1) is 0 Å². The number of H-pyrrole nitrogens is 1. The second-order valence-electron chi connectivity index (χ2n) is 4.82. The van der Waals surface area contributed by atoms with E-state index in [1.807, 2.05) is 19.2 Å². The molecule has 0 unspecified atom stereocenters. The van der Waals surface area contributed by atoms with Crippen molar-refractivity contribution >= 4 is 10.9 Å². The van der Waals surface area contributed by atoms with Gasteiger partial charge in [0, 0.05) is 28.7 Å². The first-order chi connectivity index (χ1) is 9.16. The van der Waals surface area contributed by atoms with Crippen molar-refractivity contribution in [2.75, 3.05) is 0 Å². The molecule has 0 aliphatic rings. The van der Waals surface area contributed by atoms with Gasteiger partial charge >= 0.3 is 0 Å². The van der Waals surface area contributed by atoms with Gasteiger partial charge in [0.15, 0.2) is 0 Å². The van der Waals surface area contributed by atoms with Crippen molar-refractivity contribution in [1.29, 1.82) is 0 Å². The van der Waals surface area contributed by atoms with E-state index in [9.17, 15) is 0 Å². The van der Waals surface area contributed by atoms with Crippen molar-refractivity contribution in [2.24, 2.45) is 5.73 Å². The summed E-state index contributed by atoms with van der Waals surface area (Å²) in [5.74, 6) is 0. The van der Waals surface area contributed by atoms with Crippen LogP contribution in [0.15, 0.2) is 36.8 Å². The maximum absolute atomic E-state index is 5.79. The molecule has 0 aliphatic carbocycles. The van der Waals surface area contributed by atoms with E-state index in [-0.39, 0.29) is 6.04 Å². The number of nitrogens with two attached hydrogens (primary N) is 1. The Morgan fingerprint density at radius 3 is 2.74 bits per heavy atom. The van der Waals surface area contributed by atoms with Gasteiger partial charge in [-0.3, -0.25) is 9.97 Å². The highest BCUT2D eigenvalue weighted by atomic mass is 14.8. The van der Waals surface area contributed by atoms with E-state index >= 15 is 0 Å². The van der Waals surface area contributed by atoms with E-state index in [0.717, 1.165) is 22.5 Å². The highest BCUT2D eigenvalue weighted by Gasteiger charge is 2.10. The van der Waals surface area contributed by atoms with Gasteiger partial charge in [-0.05, 0) is 25.5 Å². The molecule has 4 heteroatoms. The number of hydrogen-bond acceptors (Lipinski definition) is 3. The number of benzene rings is 1. The summed E-state index contributed by atoms with van der Waals surface area (Å²) in [6.45, 7) is 4.00. The zero-order chi connectivity index (χ0) is 13.4. The molecule has 0 bridgehead atoms. The number of nitrogens with one attached hydrogen (secondary N) is 1. The first kappa shape index (κ1) is 11.9. The summed E-state index contributed by atoms with van der Waals surface area (Å²) in [7, 11) is 0. The molecule has 0 fully saturated rings. The van der Waals surface area contributed by atoms with Crippen molar-refractivity contribution in [3.63, 3.8) is 0 Å². The van der Waals surface area contributed by atoms with Gasteiger partial charge in [0.05, 0.1) is 23.8 Å². The summed E-state index contributed by atoms with van der Waals surface area (Å²) in [6.07, 6.45) is 5.51. The summed E-state index contributed by atoms with van der Waals surface area (Å²) in [4.78, 5) is 12.1. The Morgan fingerprint density at radius 2 is 2.05 bits per heavy atom. The van der Waals surface area contributed by atoms with E-state index in [4.69, 9.17) is 5.73 Å². The Morgan fingerprint density at radius 1 is 1.21 bits per heavy atom. The number of nitrogens with zero attached hydrogens (tertiary/aromatic N) is 2. The lowest BCUT2D eigenvalue weighted by molar-refractivity contribution is 0.773. The minimum Gasteiger partial charge on any atom is -0.360 e. The minimum atomic E-state index is -0.0914. The van der Waals surface area contributed by atoms with E-state index in [0.29, 0.717) is 0 Å². The second kappa shape index (κ2) is 4.48. The Hall–Kier alpha value is -2.20. The molecule has 19 heavy (non-hydrogen) atoms. The first-order valence-corrected chi connectivity index (χ1v) is 6.31. The van der Waals surface area contributed by atoms with Crippen molar-refractivity contribution in [1.82, 2.24) is 15.0 Å². The number of hydrogen-bond donors (Lipinski definition) is 2. The fourth-order valence-electron chi connectivity index (χ4n) is 2.28. The van der Waals surface area contributed by atoms with Gasteiger partial charge in [0.25, 0.3) is 0 Å². The lowest BCUT2D eigenvalue weighted by atomic mass is 10.1. The molecule has 1 aromatic carbocycles. The Labute approximate surface area is 111 Å². The number of aromatic amines is 1. The van der Waals surface area contributed by atoms with Crippen LogP contribution in [0.3, 0.4) is 0 Å². The number of fused-ring (bicyclic) bond motifs is 1. The van der Waals surface area contributed by atoms with Gasteiger partial charge < -0.3 is 10.7 Å². The third-order valence-electron chi connectivity index (χ3n) is 3.33. The number of aromatic nitrogens is 3. The topological polar surface area (TPSA) is 67.6 Å². The summed E-state index contributed by atoms with van der Waals surface area (Å²) < 4.78 is 0. The fourth-order valence-corrected chi connectivity index (χ4v) is 2.28. The Kier molecular flexibility index (Phi) is 2.80. The third-order valence-corrected chi connectivity index (χ3v) is 3.33. The first-order valence-electron chi connectivity index (χ1n) is 6.31. The quantitative estimate of drug-likeness (QED) is 0.736.